The minimum absolute atomic E-state index is 0.201. The number of Topliss-reactive ketones (excluding diaryl/α,β-unsaturated/α-hetero) is 1. The third-order valence-electron chi connectivity index (χ3n) is 3.57. The van der Waals surface area contributed by atoms with E-state index in [4.69, 9.17) is 0 Å². The number of ketones is 1. The van der Waals surface area contributed by atoms with Crippen LogP contribution in [0, 0.1) is 5.82 Å². The van der Waals surface area contributed by atoms with Crippen LogP contribution in [0.1, 0.15) is 18.4 Å². The zero-order valence-corrected chi connectivity index (χ0v) is 12.4. The maximum atomic E-state index is 14.2. The molecule has 2 fully saturated rings. The predicted molar refractivity (Wildman–Crippen MR) is 82.0 cm³/mol. The van der Waals surface area contributed by atoms with Crippen LogP contribution in [-0.2, 0) is 9.59 Å². The Bertz CT molecular complexity index is 692. The van der Waals surface area contributed by atoms with Gasteiger partial charge in [0.2, 0.25) is 0 Å². The summed E-state index contributed by atoms with van der Waals surface area (Å²) in [5, 5.41) is 1.73. The van der Waals surface area contributed by atoms with Gasteiger partial charge in [0.25, 0.3) is 11.1 Å². The molecule has 2 amide bonds. The lowest BCUT2D eigenvalue weighted by Crippen LogP contribution is -2.34. The number of hydrogen-bond donors (Lipinski definition) is 1. The van der Waals surface area contributed by atoms with Crippen LogP contribution in [0.15, 0.2) is 23.1 Å². The van der Waals surface area contributed by atoms with E-state index in [9.17, 15) is 18.8 Å². The Kier molecular flexibility index (Phi) is 3.98. The highest BCUT2D eigenvalue weighted by atomic mass is 32.2. The Hall–Kier alpha value is -2.15. The quantitative estimate of drug-likeness (QED) is 0.847. The first-order valence-corrected chi connectivity index (χ1v) is 7.65. The van der Waals surface area contributed by atoms with Gasteiger partial charge < -0.3 is 4.90 Å². The Morgan fingerprint density at radius 3 is 2.50 bits per heavy atom. The van der Waals surface area contributed by atoms with Gasteiger partial charge in [-0.05, 0) is 35.5 Å². The normalized spacial score (nSPS) is 20.7. The van der Waals surface area contributed by atoms with Crippen molar-refractivity contribution in [1.82, 2.24) is 5.32 Å². The smallest absolute Gasteiger partial charge is 0.290 e. The van der Waals surface area contributed by atoms with E-state index < -0.39 is 17.0 Å². The highest BCUT2D eigenvalue weighted by molar-refractivity contribution is 8.18. The number of imide groups is 1. The van der Waals surface area contributed by atoms with Crippen LogP contribution < -0.4 is 10.2 Å². The third kappa shape index (κ3) is 3.04. The van der Waals surface area contributed by atoms with Crippen LogP contribution >= 0.6 is 11.8 Å². The second kappa shape index (κ2) is 5.92. The number of carbonyl (C=O) groups is 3. The standard InChI is InChI=1S/C15H13FN2O3S/c16-11-7-9(8-13-14(20)17-15(21)22-13)1-2-12(11)18-5-3-10(19)4-6-18/h1-2,7-8H,3-6H2,(H,17,20,21)/b13-8-. The molecule has 0 unspecified atom stereocenters. The zero-order valence-electron chi connectivity index (χ0n) is 11.6. The summed E-state index contributed by atoms with van der Waals surface area (Å²) in [5.41, 5.74) is 0.968. The summed E-state index contributed by atoms with van der Waals surface area (Å²) in [6.45, 7) is 1.03. The summed E-state index contributed by atoms with van der Waals surface area (Å²) >= 11 is 0.798. The Morgan fingerprint density at radius 2 is 1.91 bits per heavy atom. The van der Waals surface area contributed by atoms with Gasteiger partial charge in [0.05, 0.1) is 10.6 Å². The van der Waals surface area contributed by atoms with Crippen molar-refractivity contribution in [2.75, 3.05) is 18.0 Å². The second-order valence-corrected chi connectivity index (χ2v) is 6.10. The number of nitrogens with one attached hydrogen (secondary N) is 1. The molecule has 1 aromatic rings. The fraction of sp³-hybridized carbons (Fsp3) is 0.267. The molecule has 2 aliphatic heterocycles. The Morgan fingerprint density at radius 1 is 1.18 bits per heavy atom. The van der Waals surface area contributed by atoms with Crippen LogP contribution in [0.25, 0.3) is 6.08 Å². The molecule has 3 rings (SSSR count). The molecule has 5 nitrogen and oxygen atoms in total. The fourth-order valence-electron chi connectivity index (χ4n) is 2.44. The van der Waals surface area contributed by atoms with E-state index in [1.54, 1.807) is 12.1 Å². The molecule has 1 N–H and O–H groups in total. The van der Waals surface area contributed by atoms with Gasteiger partial charge in [-0.3, -0.25) is 19.7 Å². The summed E-state index contributed by atoms with van der Waals surface area (Å²) in [7, 11) is 0. The van der Waals surface area contributed by atoms with Crippen molar-refractivity contribution in [1.29, 1.82) is 0 Å². The summed E-state index contributed by atoms with van der Waals surface area (Å²) < 4.78 is 14.2. The largest absolute Gasteiger partial charge is 0.368 e. The fourth-order valence-corrected chi connectivity index (χ4v) is 3.12. The lowest BCUT2D eigenvalue weighted by atomic mass is 10.1. The van der Waals surface area contributed by atoms with E-state index in [0.717, 1.165) is 11.8 Å². The van der Waals surface area contributed by atoms with E-state index in [1.165, 1.54) is 12.1 Å². The highest BCUT2D eigenvalue weighted by Gasteiger charge is 2.25. The lowest BCUT2D eigenvalue weighted by molar-refractivity contribution is -0.119. The van der Waals surface area contributed by atoms with Gasteiger partial charge in [-0.1, -0.05) is 6.07 Å². The van der Waals surface area contributed by atoms with Gasteiger partial charge in [0.1, 0.15) is 11.6 Å². The van der Waals surface area contributed by atoms with Crippen molar-refractivity contribution in [2.45, 2.75) is 12.8 Å². The first-order valence-electron chi connectivity index (χ1n) is 6.84. The molecule has 0 radical (unpaired) electrons. The number of rotatable bonds is 2. The van der Waals surface area contributed by atoms with E-state index in [1.807, 2.05) is 4.90 Å². The van der Waals surface area contributed by atoms with E-state index in [0.29, 0.717) is 37.2 Å². The number of piperidine rings is 1. The van der Waals surface area contributed by atoms with Gasteiger partial charge in [-0.2, -0.15) is 0 Å². The van der Waals surface area contributed by atoms with Crippen molar-refractivity contribution in [3.8, 4) is 0 Å². The van der Waals surface area contributed by atoms with Crippen LogP contribution in [0.2, 0.25) is 0 Å². The number of halogens is 1. The number of thioether (sulfide) groups is 1. The number of hydrogen-bond acceptors (Lipinski definition) is 5. The molecule has 0 spiro atoms. The Labute approximate surface area is 130 Å². The summed E-state index contributed by atoms with van der Waals surface area (Å²) in [5.74, 6) is -0.667. The summed E-state index contributed by atoms with van der Waals surface area (Å²) in [6.07, 6.45) is 2.35. The van der Waals surface area contributed by atoms with E-state index in [2.05, 4.69) is 5.32 Å². The number of carbonyl (C=O) groups excluding carboxylic acids is 3. The molecular formula is C15H13FN2O3S. The van der Waals surface area contributed by atoms with Crippen LogP contribution in [0.4, 0.5) is 14.9 Å². The topological polar surface area (TPSA) is 66.5 Å². The number of nitrogens with zero attached hydrogens (tertiary/aromatic N) is 1. The maximum absolute atomic E-state index is 14.2. The maximum Gasteiger partial charge on any atom is 0.290 e. The molecule has 0 aromatic heterocycles. The van der Waals surface area contributed by atoms with E-state index in [-0.39, 0.29) is 10.7 Å². The van der Waals surface area contributed by atoms with Gasteiger partial charge in [0, 0.05) is 25.9 Å². The van der Waals surface area contributed by atoms with Crippen molar-refractivity contribution in [3.05, 3.63) is 34.5 Å². The molecule has 1 aromatic carbocycles. The minimum Gasteiger partial charge on any atom is -0.368 e. The Balaban J connectivity index is 1.80. The molecule has 0 aliphatic carbocycles. The molecule has 2 heterocycles. The number of amides is 2. The first kappa shape index (κ1) is 14.8. The molecule has 114 valence electrons. The molecule has 7 heteroatoms. The first-order chi connectivity index (χ1) is 10.5. The van der Waals surface area contributed by atoms with Crippen molar-refractivity contribution < 1.29 is 18.8 Å². The van der Waals surface area contributed by atoms with Gasteiger partial charge in [-0.25, -0.2) is 4.39 Å². The second-order valence-electron chi connectivity index (χ2n) is 5.09. The molecule has 0 bridgehead atoms. The monoisotopic (exact) mass is 320 g/mol. The molecule has 2 saturated heterocycles. The third-order valence-corrected chi connectivity index (χ3v) is 4.38. The molecule has 0 saturated carbocycles. The lowest BCUT2D eigenvalue weighted by Gasteiger charge is -2.28. The number of benzene rings is 1. The highest BCUT2D eigenvalue weighted by Crippen LogP contribution is 2.28. The van der Waals surface area contributed by atoms with Gasteiger partial charge in [0.15, 0.2) is 0 Å². The van der Waals surface area contributed by atoms with Gasteiger partial charge in [-0.15, -0.1) is 0 Å². The number of anilines is 1. The molecule has 2 aliphatic rings. The SMILES string of the molecule is O=C1CCN(c2ccc(/C=C3\SC(=O)NC3=O)cc2F)CC1. The van der Waals surface area contributed by atoms with E-state index >= 15 is 0 Å². The molecular weight excluding hydrogens is 307 g/mol. The summed E-state index contributed by atoms with van der Waals surface area (Å²) in [4.78, 5) is 35.9. The van der Waals surface area contributed by atoms with Crippen LogP contribution in [-0.4, -0.2) is 30.0 Å². The van der Waals surface area contributed by atoms with Crippen LogP contribution in [0.5, 0.6) is 0 Å². The van der Waals surface area contributed by atoms with Crippen molar-refractivity contribution in [3.63, 3.8) is 0 Å². The zero-order chi connectivity index (χ0) is 15.7. The van der Waals surface area contributed by atoms with Gasteiger partial charge >= 0.3 is 0 Å². The van der Waals surface area contributed by atoms with Crippen LogP contribution in [0.3, 0.4) is 0 Å². The summed E-state index contributed by atoms with van der Waals surface area (Å²) in [6, 6.07) is 4.66. The average Bonchev–Trinajstić information content (AvgIpc) is 2.78. The molecule has 0 atom stereocenters. The van der Waals surface area contributed by atoms with Crippen molar-refractivity contribution >= 4 is 40.5 Å². The minimum atomic E-state index is -0.464. The molecule has 22 heavy (non-hydrogen) atoms. The predicted octanol–water partition coefficient (Wildman–Crippen LogP) is 2.32. The average molecular weight is 320 g/mol. The van der Waals surface area contributed by atoms with Crippen molar-refractivity contribution in [2.24, 2.45) is 0 Å².